The molecule has 0 unspecified atom stereocenters. The summed E-state index contributed by atoms with van der Waals surface area (Å²) < 4.78 is 54.7. The van der Waals surface area contributed by atoms with Gasteiger partial charge in [0, 0.05) is 11.1 Å². The summed E-state index contributed by atoms with van der Waals surface area (Å²) in [5.41, 5.74) is 3.00. The maximum Gasteiger partial charge on any atom is 0.167 e. The van der Waals surface area contributed by atoms with Crippen molar-refractivity contribution in [1.82, 2.24) is 0 Å². The first-order chi connectivity index (χ1) is 16.5. The van der Waals surface area contributed by atoms with Crippen molar-refractivity contribution in [2.45, 2.75) is 13.5 Å². The molecule has 172 valence electrons. The normalized spacial score (nSPS) is 10.7. The molecule has 0 aliphatic rings. The van der Waals surface area contributed by atoms with E-state index in [2.05, 4.69) is 6.58 Å². The second-order valence-corrected chi connectivity index (χ2v) is 7.63. The Morgan fingerprint density at radius 1 is 0.735 bits per heavy atom. The van der Waals surface area contributed by atoms with Gasteiger partial charge in [-0.05, 0) is 53.4 Å². The Morgan fingerprint density at radius 3 is 1.85 bits per heavy atom. The molecule has 4 rings (SSSR count). The summed E-state index contributed by atoms with van der Waals surface area (Å²) in [7, 11) is 0. The average Bonchev–Trinajstić information content (AvgIpc) is 2.86. The van der Waals surface area contributed by atoms with Gasteiger partial charge < -0.3 is 9.47 Å². The average molecular weight is 460 g/mol. The van der Waals surface area contributed by atoms with Gasteiger partial charge in [0.15, 0.2) is 23.2 Å². The third kappa shape index (κ3) is 4.99. The first-order valence-corrected chi connectivity index (χ1v) is 10.9. The summed E-state index contributed by atoms with van der Waals surface area (Å²) in [5.74, 6) is -1.54. The maximum absolute atomic E-state index is 14.9. The van der Waals surface area contributed by atoms with Crippen molar-refractivity contribution in [2.24, 2.45) is 0 Å². The lowest BCUT2D eigenvalue weighted by Gasteiger charge is -2.11. The fraction of sp³-hybridized carbons (Fsp3) is 0.103. The lowest BCUT2D eigenvalue weighted by Crippen LogP contribution is -1.99. The fourth-order valence-corrected chi connectivity index (χ4v) is 3.60. The maximum atomic E-state index is 14.9. The first-order valence-electron chi connectivity index (χ1n) is 10.9. The summed E-state index contributed by atoms with van der Waals surface area (Å²) >= 11 is 0. The number of ether oxygens (including phenoxy) is 2. The molecule has 0 N–H and O–H groups in total. The van der Waals surface area contributed by atoms with Crippen LogP contribution in [0.15, 0.2) is 85.4 Å². The van der Waals surface area contributed by atoms with Crippen molar-refractivity contribution in [2.75, 3.05) is 6.61 Å². The molecule has 2 nitrogen and oxygen atoms in total. The van der Waals surface area contributed by atoms with Crippen molar-refractivity contribution in [3.8, 4) is 33.8 Å². The summed E-state index contributed by atoms with van der Waals surface area (Å²) in [6.45, 7) is 6.02. The molecule has 0 saturated carbocycles. The Kier molecular flexibility index (Phi) is 7.02. The van der Waals surface area contributed by atoms with E-state index in [1.165, 1.54) is 6.07 Å². The van der Waals surface area contributed by atoms with Gasteiger partial charge in [-0.25, -0.2) is 13.2 Å². The molecule has 0 heterocycles. The van der Waals surface area contributed by atoms with Gasteiger partial charge in [-0.1, -0.05) is 67.3 Å². The standard InChI is InChI=1S/C29H23F3O2/c1-3-19-5-8-21(9-6-19)24-14-15-25(29(32)28(24)31)22-10-12-23(13-11-22)34-18-20-7-16-27(33-4-2)26(30)17-20/h3,5-17H,1,4,18H2,2H3. The fourth-order valence-electron chi connectivity index (χ4n) is 3.60. The highest BCUT2D eigenvalue weighted by Gasteiger charge is 2.16. The zero-order valence-corrected chi connectivity index (χ0v) is 18.7. The summed E-state index contributed by atoms with van der Waals surface area (Å²) in [6, 6.07) is 21.5. The third-order valence-electron chi connectivity index (χ3n) is 5.41. The molecule has 0 aliphatic carbocycles. The Hall–Kier alpha value is -3.99. The Balaban J connectivity index is 1.48. The SMILES string of the molecule is C=Cc1ccc(-c2ccc(-c3ccc(OCc4ccc(OCC)c(F)c4)cc3)c(F)c2F)cc1. The molecular weight excluding hydrogens is 437 g/mol. The zero-order valence-electron chi connectivity index (χ0n) is 18.7. The van der Waals surface area contributed by atoms with Crippen molar-refractivity contribution >= 4 is 6.08 Å². The van der Waals surface area contributed by atoms with Gasteiger partial charge in [0.05, 0.1) is 6.61 Å². The molecule has 5 heteroatoms. The van der Waals surface area contributed by atoms with Crippen LogP contribution in [0, 0.1) is 17.5 Å². The molecular formula is C29H23F3O2. The van der Waals surface area contributed by atoms with Gasteiger partial charge in [0.2, 0.25) is 0 Å². The lowest BCUT2D eigenvalue weighted by atomic mass is 9.98. The van der Waals surface area contributed by atoms with Crippen LogP contribution in [-0.2, 0) is 6.61 Å². The largest absolute Gasteiger partial charge is 0.491 e. The molecule has 0 saturated heterocycles. The molecule has 0 spiro atoms. The van der Waals surface area contributed by atoms with Gasteiger partial charge in [0.25, 0.3) is 0 Å². The van der Waals surface area contributed by atoms with Gasteiger partial charge in [-0.3, -0.25) is 0 Å². The summed E-state index contributed by atoms with van der Waals surface area (Å²) in [6.07, 6.45) is 1.69. The molecule has 4 aromatic rings. The smallest absolute Gasteiger partial charge is 0.167 e. The number of benzene rings is 4. The minimum atomic E-state index is -0.913. The van der Waals surface area contributed by atoms with E-state index in [-0.39, 0.29) is 23.5 Å². The van der Waals surface area contributed by atoms with Crippen LogP contribution in [0.1, 0.15) is 18.1 Å². The molecule has 34 heavy (non-hydrogen) atoms. The van der Waals surface area contributed by atoms with E-state index in [1.807, 2.05) is 0 Å². The van der Waals surface area contributed by atoms with E-state index >= 15 is 0 Å². The van der Waals surface area contributed by atoms with Crippen molar-refractivity contribution < 1.29 is 22.6 Å². The Bertz CT molecular complexity index is 1300. The second-order valence-electron chi connectivity index (χ2n) is 7.63. The van der Waals surface area contributed by atoms with Gasteiger partial charge in [-0.15, -0.1) is 0 Å². The van der Waals surface area contributed by atoms with Crippen LogP contribution in [0.4, 0.5) is 13.2 Å². The lowest BCUT2D eigenvalue weighted by molar-refractivity contribution is 0.302. The topological polar surface area (TPSA) is 18.5 Å². The van der Waals surface area contributed by atoms with Gasteiger partial charge in [-0.2, -0.15) is 0 Å². The van der Waals surface area contributed by atoms with Gasteiger partial charge >= 0.3 is 0 Å². The van der Waals surface area contributed by atoms with E-state index in [0.29, 0.717) is 29.0 Å². The molecule has 0 radical (unpaired) electrons. The highest BCUT2D eigenvalue weighted by Crippen LogP contribution is 2.32. The van der Waals surface area contributed by atoms with Gasteiger partial charge in [0.1, 0.15) is 12.4 Å². The number of hydrogen-bond donors (Lipinski definition) is 0. The highest BCUT2D eigenvalue weighted by atomic mass is 19.2. The van der Waals surface area contributed by atoms with Crippen LogP contribution in [0.5, 0.6) is 11.5 Å². The predicted octanol–water partition coefficient (Wildman–Crippen LogP) is 8.06. The summed E-state index contributed by atoms with van der Waals surface area (Å²) in [5, 5.41) is 0. The minimum Gasteiger partial charge on any atom is -0.491 e. The predicted molar refractivity (Wildman–Crippen MR) is 129 cm³/mol. The first kappa shape index (κ1) is 23.2. The van der Waals surface area contributed by atoms with E-state index in [9.17, 15) is 13.2 Å². The number of halogens is 3. The van der Waals surface area contributed by atoms with Crippen LogP contribution in [-0.4, -0.2) is 6.61 Å². The Morgan fingerprint density at radius 2 is 1.32 bits per heavy atom. The van der Waals surface area contributed by atoms with Crippen LogP contribution < -0.4 is 9.47 Å². The molecule has 0 fully saturated rings. The monoisotopic (exact) mass is 460 g/mol. The quantitative estimate of drug-likeness (QED) is 0.265. The van der Waals surface area contributed by atoms with E-state index < -0.39 is 17.5 Å². The van der Waals surface area contributed by atoms with Crippen molar-refractivity contribution in [3.05, 3.63) is 114 Å². The van der Waals surface area contributed by atoms with E-state index in [0.717, 1.165) is 5.56 Å². The number of rotatable bonds is 8. The zero-order chi connectivity index (χ0) is 24.1. The van der Waals surface area contributed by atoms with Crippen LogP contribution in [0.2, 0.25) is 0 Å². The molecule has 0 amide bonds. The minimum absolute atomic E-state index is 0.157. The number of hydrogen-bond acceptors (Lipinski definition) is 2. The summed E-state index contributed by atoms with van der Waals surface area (Å²) in [4.78, 5) is 0. The van der Waals surface area contributed by atoms with Crippen LogP contribution in [0.3, 0.4) is 0 Å². The van der Waals surface area contributed by atoms with Crippen molar-refractivity contribution in [3.63, 3.8) is 0 Å². The molecule has 0 aliphatic heterocycles. The third-order valence-corrected chi connectivity index (χ3v) is 5.41. The second kappa shape index (κ2) is 10.3. The van der Waals surface area contributed by atoms with E-state index in [1.54, 1.807) is 85.8 Å². The van der Waals surface area contributed by atoms with Crippen molar-refractivity contribution in [1.29, 1.82) is 0 Å². The Labute approximate surface area is 196 Å². The van der Waals surface area contributed by atoms with E-state index in [4.69, 9.17) is 9.47 Å². The highest BCUT2D eigenvalue weighted by molar-refractivity contribution is 5.72. The molecule has 0 bridgehead atoms. The molecule has 0 aromatic heterocycles. The van der Waals surface area contributed by atoms with Crippen LogP contribution >= 0.6 is 0 Å². The molecule has 0 atom stereocenters. The van der Waals surface area contributed by atoms with Crippen LogP contribution in [0.25, 0.3) is 28.3 Å². The molecule has 4 aromatic carbocycles.